The predicted octanol–water partition coefficient (Wildman–Crippen LogP) is 3.75. The number of rotatable bonds is 5. The number of hydrogen-bond donors (Lipinski definition) is 2. The molecule has 0 atom stereocenters. The average Bonchev–Trinajstić information content (AvgIpc) is 2.39. The summed E-state index contributed by atoms with van der Waals surface area (Å²) in [5, 5.41) is 3.70. The smallest absolute Gasteiger partial charge is 0.158 e. The first kappa shape index (κ1) is 15.0. The van der Waals surface area contributed by atoms with E-state index in [9.17, 15) is 0 Å². The van der Waals surface area contributed by atoms with Crippen LogP contribution in [-0.4, -0.2) is 16.6 Å². The van der Waals surface area contributed by atoms with Gasteiger partial charge in [-0.3, -0.25) is 0 Å². The van der Waals surface area contributed by atoms with Crippen LogP contribution in [0.3, 0.4) is 0 Å². The van der Waals surface area contributed by atoms with Crippen molar-refractivity contribution >= 4 is 44.9 Å². The zero-order valence-electron chi connectivity index (χ0n) is 10.9. The van der Waals surface area contributed by atoms with Gasteiger partial charge in [0.1, 0.15) is 18.2 Å². The Kier molecular flexibility index (Phi) is 5.17. The third-order valence-electron chi connectivity index (χ3n) is 2.42. The molecule has 0 aliphatic rings. The minimum atomic E-state index is 0.324. The van der Waals surface area contributed by atoms with Crippen molar-refractivity contribution < 1.29 is 4.74 Å². The third-order valence-corrected chi connectivity index (χ3v) is 3.23. The Morgan fingerprint density at radius 3 is 2.85 bits per heavy atom. The number of ether oxygens (including phenoxy) is 1. The maximum atomic E-state index is 6.15. The largest absolute Gasteiger partial charge is 0.384 e. The normalized spacial score (nSPS) is 10.6. The molecule has 0 spiro atoms. The quantitative estimate of drug-likeness (QED) is 0.852. The molecule has 3 N–H and O–H groups in total. The van der Waals surface area contributed by atoms with E-state index in [1.165, 1.54) is 0 Å². The Bertz CT molecular complexity index is 609. The molecule has 2 aromatic rings. The second-order valence-electron chi connectivity index (χ2n) is 3.98. The van der Waals surface area contributed by atoms with Gasteiger partial charge in [0.2, 0.25) is 0 Å². The van der Waals surface area contributed by atoms with Crippen LogP contribution in [-0.2, 0) is 11.3 Å². The van der Waals surface area contributed by atoms with Gasteiger partial charge in [0, 0.05) is 17.1 Å². The number of nitrogens with two attached hydrogens (primary N) is 1. The van der Waals surface area contributed by atoms with Crippen molar-refractivity contribution in [3.63, 3.8) is 0 Å². The summed E-state index contributed by atoms with van der Waals surface area (Å²) in [7, 11) is 0. The summed E-state index contributed by atoms with van der Waals surface area (Å²) >= 11 is 9.51. The fourth-order valence-corrected chi connectivity index (χ4v) is 2.29. The Labute approximate surface area is 130 Å². The van der Waals surface area contributed by atoms with Gasteiger partial charge in [-0.1, -0.05) is 27.5 Å². The first-order valence-electron chi connectivity index (χ1n) is 6.01. The highest BCUT2D eigenvalue weighted by atomic mass is 79.9. The minimum Gasteiger partial charge on any atom is -0.384 e. The van der Waals surface area contributed by atoms with Crippen LogP contribution in [0.25, 0.3) is 0 Å². The first-order chi connectivity index (χ1) is 9.58. The molecule has 7 heteroatoms. The number of nitrogens with one attached hydrogen (secondary N) is 1. The van der Waals surface area contributed by atoms with Crippen LogP contribution >= 0.6 is 27.5 Å². The predicted molar refractivity (Wildman–Crippen MR) is 84.2 cm³/mol. The highest BCUT2D eigenvalue weighted by molar-refractivity contribution is 9.10. The van der Waals surface area contributed by atoms with Gasteiger partial charge in [-0.15, -0.1) is 0 Å². The summed E-state index contributed by atoms with van der Waals surface area (Å²) in [4.78, 5) is 8.44. The summed E-state index contributed by atoms with van der Waals surface area (Å²) in [5.74, 6) is 1.49. The van der Waals surface area contributed by atoms with E-state index in [-0.39, 0.29) is 0 Å². The van der Waals surface area contributed by atoms with Gasteiger partial charge in [-0.05, 0) is 25.1 Å². The van der Waals surface area contributed by atoms with Crippen LogP contribution < -0.4 is 11.1 Å². The lowest BCUT2D eigenvalue weighted by Gasteiger charge is -2.10. The zero-order chi connectivity index (χ0) is 14.5. The van der Waals surface area contributed by atoms with E-state index in [0.717, 1.165) is 10.2 Å². The second-order valence-corrected chi connectivity index (χ2v) is 5.30. The molecule has 0 saturated carbocycles. The van der Waals surface area contributed by atoms with Crippen LogP contribution in [0.15, 0.2) is 28.7 Å². The Hall–Kier alpha value is -1.37. The molecule has 0 aliphatic carbocycles. The van der Waals surface area contributed by atoms with Crippen molar-refractivity contribution in [2.75, 3.05) is 17.7 Å². The zero-order valence-corrected chi connectivity index (χ0v) is 13.2. The van der Waals surface area contributed by atoms with Gasteiger partial charge in [0.25, 0.3) is 0 Å². The van der Waals surface area contributed by atoms with E-state index in [2.05, 4.69) is 31.2 Å². The van der Waals surface area contributed by atoms with Crippen LogP contribution in [0, 0.1) is 0 Å². The van der Waals surface area contributed by atoms with Crippen molar-refractivity contribution in [2.45, 2.75) is 13.5 Å². The molecule has 0 fully saturated rings. The molecule has 0 saturated heterocycles. The lowest BCUT2D eigenvalue weighted by atomic mass is 10.3. The van der Waals surface area contributed by atoms with Crippen LogP contribution in [0.2, 0.25) is 5.02 Å². The molecule has 0 amide bonds. The van der Waals surface area contributed by atoms with E-state index >= 15 is 0 Å². The average molecular weight is 358 g/mol. The lowest BCUT2D eigenvalue weighted by Crippen LogP contribution is -2.05. The molecule has 1 aromatic carbocycles. The summed E-state index contributed by atoms with van der Waals surface area (Å²) in [6.45, 7) is 2.83. The summed E-state index contributed by atoms with van der Waals surface area (Å²) < 4.78 is 6.19. The molecule has 20 heavy (non-hydrogen) atoms. The molecule has 2 rings (SSSR count). The summed E-state index contributed by atoms with van der Waals surface area (Å²) in [6.07, 6.45) is 0. The summed E-state index contributed by atoms with van der Waals surface area (Å²) in [6, 6.07) is 7.19. The molecule has 0 bridgehead atoms. The molecule has 1 heterocycles. The Morgan fingerprint density at radius 1 is 1.35 bits per heavy atom. The Balaban J connectivity index is 2.21. The highest BCUT2D eigenvalue weighted by Crippen LogP contribution is 2.28. The van der Waals surface area contributed by atoms with E-state index in [1.54, 1.807) is 12.1 Å². The standard InChI is InChI=1S/C13H14BrClN4O/c1-2-20-7-13-18-11(16)6-12(19-13)17-10-4-3-8(14)5-9(10)15/h3-6H,2,7H2,1H3,(H3,16,17,18,19). The fraction of sp³-hybridized carbons (Fsp3) is 0.231. The SMILES string of the molecule is CCOCc1nc(N)cc(Nc2ccc(Br)cc2Cl)n1. The molecule has 0 aliphatic heterocycles. The fourth-order valence-electron chi connectivity index (χ4n) is 1.57. The minimum absolute atomic E-state index is 0.324. The van der Waals surface area contributed by atoms with Gasteiger partial charge < -0.3 is 15.8 Å². The maximum absolute atomic E-state index is 6.15. The highest BCUT2D eigenvalue weighted by Gasteiger charge is 2.06. The van der Waals surface area contributed by atoms with Crippen molar-refractivity contribution in [2.24, 2.45) is 0 Å². The molecule has 1 aromatic heterocycles. The van der Waals surface area contributed by atoms with Crippen LogP contribution in [0.4, 0.5) is 17.3 Å². The number of halogens is 2. The second kappa shape index (κ2) is 6.88. The van der Waals surface area contributed by atoms with Gasteiger partial charge in [-0.2, -0.15) is 0 Å². The molecule has 0 unspecified atom stereocenters. The van der Waals surface area contributed by atoms with E-state index in [0.29, 0.717) is 35.7 Å². The van der Waals surface area contributed by atoms with Crippen LogP contribution in [0.1, 0.15) is 12.7 Å². The number of benzene rings is 1. The number of nitrogens with zero attached hydrogens (tertiary/aromatic N) is 2. The van der Waals surface area contributed by atoms with Crippen LogP contribution in [0.5, 0.6) is 0 Å². The maximum Gasteiger partial charge on any atom is 0.158 e. The van der Waals surface area contributed by atoms with Crippen molar-refractivity contribution in [3.8, 4) is 0 Å². The van der Waals surface area contributed by atoms with E-state index < -0.39 is 0 Å². The van der Waals surface area contributed by atoms with Gasteiger partial charge in [0.05, 0.1) is 10.7 Å². The van der Waals surface area contributed by atoms with E-state index in [4.69, 9.17) is 22.1 Å². The van der Waals surface area contributed by atoms with Gasteiger partial charge in [-0.25, -0.2) is 9.97 Å². The molecular weight excluding hydrogens is 344 g/mol. The van der Waals surface area contributed by atoms with E-state index in [1.807, 2.05) is 19.1 Å². The van der Waals surface area contributed by atoms with Gasteiger partial charge >= 0.3 is 0 Å². The summed E-state index contributed by atoms with van der Waals surface area (Å²) in [5.41, 5.74) is 6.51. The molecular formula is C13H14BrClN4O. The molecule has 0 radical (unpaired) electrons. The third kappa shape index (κ3) is 4.06. The number of aromatic nitrogens is 2. The first-order valence-corrected chi connectivity index (χ1v) is 7.19. The monoisotopic (exact) mass is 356 g/mol. The van der Waals surface area contributed by atoms with Gasteiger partial charge in [0.15, 0.2) is 5.82 Å². The van der Waals surface area contributed by atoms with Crippen molar-refractivity contribution in [3.05, 3.63) is 39.6 Å². The molecule has 106 valence electrons. The lowest BCUT2D eigenvalue weighted by molar-refractivity contribution is 0.128. The van der Waals surface area contributed by atoms with Crippen molar-refractivity contribution in [1.29, 1.82) is 0 Å². The molecule has 5 nitrogen and oxygen atoms in total. The number of anilines is 3. The topological polar surface area (TPSA) is 73.1 Å². The number of nitrogen functional groups attached to an aromatic ring is 1. The number of hydrogen-bond acceptors (Lipinski definition) is 5. The Morgan fingerprint density at radius 2 is 2.15 bits per heavy atom. The van der Waals surface area contributed by atoms with Crippen molar-refractivity contribution in [1.82, 2.24) is 9.97 Å².